The summed E-state index contributed by atoms with van der Waals surface area (Å²) in [4.78, 5) is 0. The van der Waals surface area contributed by atoms with E-state index in [1.165, 1.54) is 12.1 Å². The maximum Gasteiger partial charge on any atom is 0.416 e. The minimum atomic E-state index is -4.39. The summed E-state index contributed by atoms with van der Waals surface area (Å²) in [6.45, 7) is 0. The molecular formula is C16H10F3O. The molecule has 101 valence electrons. The van der Waals surface area contributed by atoms with Crippen molar-refractivity contribution in [3.8, 4) is 23.8 Å². The van der Waals surface area contributed by atoms with Gasteiger partial charge >= 0.3 is 6.18 Å². The molecule has 0 saturated heterocycles. The summed E-state index contributed by atoms with van der Waals surface area (Å²) in [5, 5.41) is 0. The molecule has 0 bridgehead atoms. The second-order valence-corrected chi connectivity index (χ2v) is 4.01. The molecule has 2 rings (SSSR count). The Morgan fingerprint density at radius 2 is 1.65 bits per heavy atom. The molecule has 0 amide bonds. The van der Waals surface area contributed by atoms with Gasteiger partial charge in [-0.3, -0.25) is 0 Å². The van der Waals surface area contributed by atoms with Crippen LogP contribution in [0.1, 0.15) is 11.1 Å². The van der Waals surface area contributed by atoms with Crippen molar-refractivity contribution >= 4 is 0 Å². The van der Waals surface area contributed by atoms with Crippen molar-refractivity contribution in [1.82, 2.24) is 0 Å². The van der Waals surface area contributed by atoms with Crippen molar-refractivity contribution in [1.29, 1.82) is 0 Å². The van der Waals surface area contributed by atoms with Crippen molar-refractivity contribution in [3.05, 3.63) is 66.1 Å². The highest BCUT2D eigenvalue weighted by Gasteiger charge is 2.30. The number of halogens is 3. The summed E-state index contributed by atoms with van der Waals surface area (Å²) in [5.74, 6) is 2.92. The number of hydrogen-bond donors (Lipinski definition) is 0. The van der Waals surface area contributed by atoms with Crippen LogP contribution in [0.15, 0.2) is 48.5 Å². The van der Waals surface area contributed by atoms with Crippen LogP contribution in [-0.2, 0) is 6.18 Å². The van der Waals surface area contributed by atoms with Crippen LogP contribution < -0.4 is 4.74 Å². The molecule has 0 heterocycles. The molecule has 4 heteroatoms. The van der Waals surface area contributed by atoms with Gasteiger partial charge in [-0.05, 0) is 35.9 Å². The summed E-state index contributed by atoms with van der Waals surface area (Å²) in [6, 6.07) is 11.5. The molecule has 0 aliphatic heterocycles. The second-order valence-electron chi connectivity index (χ2n) is 4.01. The van der Waals surface area contributed by atoms with E-state index in [0.29, 0.717) is 5.75 Å². The first-order valence-electron chi connectivity index (χ1n) is 5.73. The normalized spacial score (nSPS) is 10.9. The van der Waals surface area contributed by atoms with Crippen LogP contribution >= 0.6 is 0 Å². The van der Waals surface area contributed by atoms with E-state index in [1.807, 2.05) is 0 Å². The lowest BCUT2D eigenvalue weighted by Crippen LogP contribution is -2.04. The first kappa shape index (κ1) is 14.0. The number of ether oxygens (including phenoxy) is 1. The van der Waals surface area contributed by atoms with E-state index in [4.69, 9.17) is 11.2 Å². The van der Waals surface area contributed by atoms with Crippen LogP contribution in [0.2, 0.25) is 0 Å². The van der Waals surface area contributed by atoms with Crippen molar-refractivity contribution < 1.29 is 17.9 Å². The van der Waals surface area contributed by atoms with Gasteiger partial charge in [0.15, 0.2) is 0 Å². The highest BCUT2D eigenvalue weighted by Crippen LogP contribution is 2.32. The van der Waals surface area contributed by atoms with Gasteiger partial charge in [0, 0.05) is 0 Å². The first-order chi connectivity index (χ1) is 9.49. The van der Waals surface area contributed by atoms with Gasteiger partial charge in [-0.15, -0.1) is 6.42 Å². The maximum absolute atomic E-state index is 12.6. The quantitative estimate of drug-likeness (QED) is 0.739. The Labute approximate surface area is 115 Å². The Hall–Kier alpha value is -2.41. The Morgan fingerprint density at radius 3 is 2.30 bits per heavy atom. The van der Waals surface area contributed by atoms with Crippen molar-refractivity contribution in [2.75, 3.05) is 0 Å². The predicted octanol–water partition coefficient (Wildman–Crippen LogP) is 4.68. The zero-order valence-electron chi connectivity index (χ0n) is 10.3. The molecule has 0 aromatic heterocycles. The molecule has 0 aliphatic carbocycles. The molecule has 0 spiro atoms. The van der Waals surface area contributed by atoms with Gasteiger partial charge in [0.1, 0.15) is 11.5 Å². The molecular weight excluding hydrogens is 265 g/mol. The summed E-state index contributed by atoms with van der Waals surface area (Å²) in [6.07, 6.45) is 2.31. The van der Waals surface area contributed by atoms with E-state index in [-0.39, 0.29) is 5.75 Å². The number of rotatable bonds is 3. The van der Waals surface area contributed by atoms with Gasteiger partial charge < -0.3 is 4.74 Å². The molecule has 0 aliphatic rings. The zero-order chi connectivity index (χ0) is 14.6. The molecule has 0 fully saturated rings. The Kier molecular flexibility index (Phi) is 3.99. The highest BCUT2D eigenvalue weighted by atomic mass is 19.4. The van der Waals surface area contributed by atoms with Crippen LogP contribution in [0.25, 0.3) is 0 Å². The third-order valence-electron chi connectivity index (χ3n) is 2.51. The maximum atomic E-state index is 12.6. The van der Waals surface area contributed by atoms with Crippen LogP contribution in [0, 0.1) is 18.8 Å². The molecule has 0 saturated carbocycles. The molecule has 1 nitrogen and oxygen atoms in total. The number of alkyl halides is 3. The Balaban J connectivity index is 2.22. The largest absolute Gasteiger partial charge is 0.457 e. The molecule has 1 radical (unpaired) electrons. The van der Waals surface area contributed by atoms with E-state index in [2.05, 4.69) is 5.92 Å². The van der Waals surface area contributed by atoms with Gasteiger partial charge in [-0.2, -0.15) is 13.2 Å². The topological polar surface area (TPSA) is 9.23 Å². The fraction of sp³-hybridized carbons (Fsp3) is 0.0625. The van der Waals surface area contributed by atoms with Crippen LogP contribution in [-0.4, -0.2) is 0 Å². The van der Waals surface area contributed by atoms with Gasteiger partial charge in [0.05, 0.1) is 12.0 Å². The van der Waals surface area contributed by atoms with E-state index >= 15 is 0 Å². The summed E-state index contributed by atoms with van der Waals surface area (Å²) in [5.41, 5.74) is -0.00156. The molecule has 0 unspecified atom stereocenters. The number of benzene rings is 2. The van der Waals surface area contributed by atoms with Gasteiger partial charge in [-0.1, -0.05) is 24.1 Å². The van der Waals surface area contributed by atoms with Crippen molar-refractivity contribution in [3.63, 3.8) is 0 Å². The summed E-state index contributed by atoms with van der Waals surface area (Å²) in [7, 11) is 0. The fourth-order valence-electron chi connectivity index (χ4n) is 1.64. The average molecular weight is 275 g/mol. The second kappa shape index (κ2) is 5.70. The first-order valence-corrected chi connectivity index (χ1v) is 5.73. The lowest BCUT2D eigenvalue weighted by Gasteiger charge is -2.10. The SMILES string of the molecule is C#C[CH]c1cccc(Oc2cccc(C(F)(F)F)c2)c1. The lowest BCUT2D eigenvalue weighted by atomic mass is 10.1. The lowest BCUT2D eigenvalue weighted by molar-refractivity contribution is -0.137. The predicted molar refractivity (Wildman–Crippen MR) is 70.2 cm³/mol. The molecule has 2 aromatic carbocycles. The molecule has 0 N–H and O–H groups in total. The van der Waals surface area contributed by atoms with Crippen LogP contribution in [0.3, 0.4) is 0 Å². The molecule has 20 heavy (non-hydrogen) atoms. The average Bonchev–Trinajstić information content (AvgIpc) is 2.39. The van der Waals surface area contributed by atoms with Crippen LogP contribution in [0.4, 0.5) is 13.2 Å². The zero-order valence-corrected chi connectivity index (χ0v) is 10.3. The summed E-state index contributed by atoms with van der Waals surface area (Å²) >= 11 is 0. The van der Waals surface area contributed by atoms with E-state index in [9.17, 15) is 13.2 Å². The highest BCUT2D eigenvalue weighted by molar-refractivity contribution is 5.40. The van der Waals surface area contributed by atoms with Gasteiger partial charge in [0.2, 0.25) is 0 Å². The fourth-order valence-corrected chi connectivity index (χ4v) is 1.64. The summed E-state index contributed by atoms with van der Waals surface area (Å²) < 4.78 is 43.2. The Morgan fingerprint density at radius 1 is 1.00 bits per heavy atom. The molecule has 0 atom stereocenters. The van der Waals surface area contributed by atoms with Gasteiger partial charge in [-0.25, -0.2) is 0 Å². The third-order valence-corrected chi connectivity index (χ3v) is 2.51. The smallest absolute Gasteiger partial charge is 0.416 e. The molecule has 2 aromatic rings. The van der Waals surface area contributed by atoms with E-state index in [0.717, 1.165) is 17.7 Å². The Bertz CT molecular complexity index is 639. The third kappa shape index (κ3) is 3.55. The number of hydrogen-bond acceptors (Lipinski definition) is 1. The standard InChI is InChI=1S/C16H10F3O/c1-2-5-12-6-3-8-14(10-12)20-15-9-4-7-13(11-15)16(17,18)19/h1,3-11H. The van der Waals surface area contributed by atoms with Crippen molar-refractivity contribution in [2.24, 2.45) is 0 Å². The van der Waals surface area contributed by atoms with E-state index < -0.39 is 11.7 Å². The van der Waals surface area contributed by atoms with E-state index in [1.54, 1.807) is 30.7 Å². The van der Waals surface area contributed by atoms with Gasteiger partial charge in [0.25, 0.3) is 0 Å². The minimum Gasteiger partial charge on any atom is -0.457 e. The number of terminal acetylenes is 1. The monoisotopic (exact) mass is 275 g/mol. The van der Waals surface area contributed by atoms with Crippen molar-refractivity contribution in [2.45, 2.75) is 6.18 Å². The van der Waals surface area contributed by atoms with Crippen LogP contribution in [0.5, 0.6) is 11.5 Å². The minimum absolute atomic E-state index is 0.123.